The van der Waals surface area contributed by atoms with Gasteiger partial charge >= 0.3 is 0 Å². The van der Waals surface area contributed by atoms with Gasteiger partial charge < -0.3 is 10.6 Å². The number of nitro benzene ring substituents is 1. The molecule has 1 fully saturated rings. The first-order valence-electron chi connectivity index (χ1n) is 9.45. The summed E-state index contributed by atoms with van der Waals surface area (Å²) in [5, 5.41) is 21.2. The van der Waals surface area contributed by atoms with Gasteiger partial charge in [0.15, 0.2) is 0 Å². The van der Waals surface area contributed by atoms with Gasteiger partial charge in [0.25, 0.3) is 5.69 Å². The van der Waals surface area contributed by atoms with E-state index in [2.05, 4.69) is 15.7 Å². The lowest BCUT2D eigenvalue weighted by atomic mass is 9.96. The Morgan fingerprint density at radius 1 is 1.19 bits per heavy atom. The molecule has 2 N–H and O–H groups in total. The van der Waals surface area contributed by atoms with Crippen LogP contribution in [0.5, 0.6) is 0 Å². The standard InChI is InChI=1S/C19H25N5O3/c25-19(7-4-13-20-15-8-10-17(11-9-15)24(26)27)22-18-12-14-21-23(18)16-5-2-1-3-6-16/h8-12,14,16,20H,1-7,13H2,(H,22,25). The van der Waals surface area contributed by atoms with E-state index in [0.29, 0.717) is 25.4 Å². The molecule has 1 aromatic heterocycles. The van der Waals surface area contributed by atoms with Crippen molar-refractivity contribution in [2.75, 3.05) is 17.2 Å². The minimum Gasteiger partial charge on any atom is -0.385 e. The summed E-state index contributed by atoms with van der Waals surface area (Å²) in [5.74, 6) is 0.744. The number of nitrogens with one attached hydrogen (secondary N) is 2. The number of rotatable bonds is 8. The van der Waals surface area contributed by atoms with E-state index in [1.165, 1.54) is 31.4 Å². The van der Waals surface area contributed by atoms with E-state index in [9.17, 15) is 14.9 Å². The van der Waals surface area contributed by atoms with Crippen LogP contribution >= 0.6 is 0 Å². The Bertz CT molecular complexity index is 766. The van der Waals surface area contributed by atoms with Crippen molar-refractivity contribution in [1.29, 1.82) is 0 Å². The van der Waals surface area contributed by atoms with Gasteiger partial charge in [0.2, 0.25) is 5.91 Å². The number of carbonyl (C=O) groups excluding carboxylic acids is 1. The van der Waals surface area contributed by atoms with E-state index in [1.54, 1.807) is 18.3 Å². The van der Waals surface area contributed by atoms with Crippen LogP contribution in [0.2, 0.25) is 0 Å². The molecule has 0 spiro atoms. The number of anilines is 2. The lowest BCUT2D eigenvalue weighted by molar-refractivity contribution is -0.384. The highest BCUT2D eigenvalue weighted by Crippen LogP contribution is 2.29. The van der Waals surface area contributed by atoms with Gasteiger partial charge in [-0.05, 0) is 31.4 Å². The lowest BCUT2D eigenvalue weighted by Crippen LogP contribution is -2.20. The van der Waals surface area contributed by atoms with E-state index in [1.807, 2.05) is 10.7 Å². The van der Waals surface area contributed by atoms with Crippen LogP contribution in [0.1, 0.15) is 51.0 Å². The molecule has 0 saturated heterocycles. The Labute approximate surface area is 158 Å². The number of benzene rings is 1. The molecule has 0 unspecified atom stereocenters. The average molecular weight is 371 g/mol. The second-order valence-electron chi connectivity index (χ2n) is 6.84. The quantitative estimate of drug-likeness (QED) is 0.413. The number of carbonyl (C=O) groups is 1. The summed E-state index contributed by atoms with van der Waals surface area (Å²) in [5.41, 5.74) is 0.867. The molecule has 0 aliphatic heterocycles. The van der Waals surface area contributed by atoms with E-state index < -0.39 is 4.92 Å². The molecule has 144 valence electrons. The summed E-state index contributed by atoms with van der Waals surface area (Å²) in [7, 11) is 0. The van der Waals surface area contributed by atoms with Crippen molar-refractivity contribution in [2.24, 2.45) is 0 Å². The number of aromatic nitrogens is 2. The van der Waals surface area contributed by atoms with Crippen molar-refractivity contribution in [3.63, 3.8) is 0 Å². The maximum absolute atomic E-state index is 12.2. The largest absolute Gasteiger partial charge is 0.385 e. The molecule has 1 heterocycles. The van der Waals surface area contributed by atoms with Gasteiger partial charge in [-0.3, -0.25) is 14.9 Å². The van der Waals surface area contributed by atoms with Crippen LogP contribution in [0, 0.1) is 10.1 Å². The minimum atomic E-state index is -0.424. The van der Waals surface area contributed by atoms with Gasteiger partial charge in [0.05, 0.1) is 17.2 Å². The number of hydrogen-bond acceptors (Lipinski definition) is 5. The molecule has 2 aromatic rings. The first kappa shape index (κ1) is 18.9. The lowest BCUT2D eigenvalue weighted by Gasteiger charge is -2.23. The van der Waals surface area contributed by atoms with E-state index in [-0.39, 0.29) is 11.6 Å². The topological polar surface area (TPSA) is 102 Å². The molecule has 1 aromatic carbocycles. The predicted molar refractivity (Wildman–Crippen MR) is 104 cm³/mol. The zero-order valence-electron chi connectivity index (χ0n) is 15.3. The first-order valence-corrected chi connectivity index (χ1v) is 9.45. The van der Waals surface area contributed by atoms with Gasteiger partial charge in [-0.2, -0.15) is 5.10 Å². The van der Waals surface area contributed by atoms with E-state index in [0.717, 1.165) is 24.3 Å². The molecular formula is C19H25N5O3. The SMILES string of the molecule is O=C(CCCNc1ccc([N+](=O)[O-])cc1)Nc1ccnn1C1CCCCC1. The molecule has 0 radical (unpaired) electrons. The van der Waals surface area contributed by atoms with Crippen LogP contribution in [0.3, 0.4) is 0 Å². The van der Waals surface area contributed by atoms with Crippen LogP contribution in [-0.4, -0.2) is 27.2 Å². The zero-order valence-corrected chi connectivity index (χ0v) is 15.3. The molecule has 1 aliphatic rings. The predicted octanol–water partition coefficient (Wildman–Crippen LogP) is 4.13. The molecule has 1 aliphatic carbocycles. The highest BCUT2D eigenvalue weighted by atomic mass is 16.6. The summed E-state index contributed by atoms with van der Waals surface area (Å²) in [6.45, 7) is 0.618. The zero-order chi connectivity index (χ0) is 19.1. The summed E-state index contributed by atoms with van der Waals surface area (Å²) >= 11 is 0. The summed E-state index contributed by atoms with van der Waals surface area (Å²) in [4.78, 5) is 22.4. The number of amides is 1. The minimum absolute atomic E-state index is 0.0296. The van der Waals surface area contributed by atoms with Crippen molar-refractivity contribution < 1.29 is 9.72 Å². The van der Waals surface area contributed by atoms with Crippen LogP contribution in [0.25, 0.3) is 0 Å². The second-order valence-corrected chi connectivity index (χ2v) is 6.84. The second kappa shape index (κ2) is 9.16. The maximum Gasteiger partial charge on any atom is 0.269 e. The van der Waals surface area contributed by atoms with Crippen molar-refractivity contribution >= 4 is 23.1 Å². The highest BCUT2D eigenvalue weighted by Gasteiger charge is 2.19. The number of nitro groups is 1. The van der Waals surface area contributed by atoms with Crippen LogP contribution in [0.4, 0.5) is 17.2 Å². The molecule has 27 heavy (non-hydrogen) atoms. The third kappa shape index (κ3) is 5.29. The third-order valence-electron chi connectivity index (χ3n) is 4.85. The number of non-ortho nitro benzene ring substituents is 1. The van der Waals surface area contributed by atoms with E-state index in [4.69, 9.17) is 0 Å². The molecule has 1 amide bonds. The number of hydrogen-bond donors (Lipinski definition) is 2. The van der Waals surface area contributed by atoms with Crippen molar-refractivity contribution in [3.05, 3.63) is 46.6 Å². The summed E-state index contributed by atoms with van der Waals surface area (Å²) in [6, 6.07) is 8.49. The molecule has 8 heteroatoms. The molecular weight excluding hydrogens is 346 g/mol. The number of nitrogens with zero attached hydrogens (tertiary/aromatic N) is 3. The van der Waals surface area contributed by atoms with Crippen molar-refractivity contribution in [2.45, 2.75) is 51.0 Å². The van der Waals surface area contributed by atoms with Crippen LogP contribution < -0.4 is 10.6 Å². The summed E-state index contributed by atoms with van der Waals surface area (Å²) in [6.07, 6.45) is 8.74. The Hall–Kier alpha value is -2.90. The van der Waals surface area contributed by atoms with E-state index >= 15 is 0 Å². The monoisotopic (exact) mass is 371 g/mol. The molecule has 8 nitrogen and oxygen atoms in total. The fraction of sp³-hybridized carbons (Fsp3) is 0.474. The fourth-order valence-electron chi connectivity index (χ4n) is 3.42. The molecule has 3 rings (SSSR count). The van der Waals surface area contributed by atoms with Crippen molar-refractivity contribution in [1.82, 2.24) is 9.78 Å². The molecule has 0 bridgehead atoms. The first-order chi connectivity index (χ1) is 13.1. The van der Waals surface area contributed by atoms with Crippen LogP contribution in [-0.2, 0) is 4.79 Å². The van der Waals surface area contributed by atoms with Crippen molar-refractivity contribution in [3.8, 4) is 0 Å². The van der Waals surface area contributed by atoms with Gasteiger partial charge in [0, 0.05) is 36.9 Å². The summed E-state index contributed by atoms with van der Waals surface area (Å²) < 4.78 is 1.95. The average Bonchev–Trinajstić information content (AvgIpc) is 3.14. The Kier molecular flexibility index (Phi) is 6.40. The van der Waals surface area contributed by atoms with Gasteiger partial charge in [-0.1, -0.05) is 19.3 Å². The smallest absolute Gasteiger partial charge is 0.269 e. The Balaban J connectivity index is 1.41. The maximum atomic E-state index is 12.2. The Morgan fingerprint density at radius 3 is 2.63 bits per heavy atom. The van der Waals surface area contributed by atoms with Gasteiger partial charge in [-0.15, -0.1) is 0 Å². The molecule has 1 saturated carbocycles. The third-order valence-corrected chi connectivity index (χ3v) is 4.85. The fourth-order valence-corrected chi connectivity index (χ4v) is 3.42. The van der Waals surface area contributed by atoms with Gasteiger partial charge in [-0.25, -0.2) is 4.68 Å². The normalized spacial score (nSPS) is 14.7. The highest BCUT2D eigenvalue weighted by molar-refractivity contribution is 5.89. The van der Waals surface area contributed by atoms with Gasteiger partial charge in [0.1, 0.15) is 5.82 Å². The Morgan fingerprint density at radius 2 is 1.93 bits per heavy atom. The molecule has 0 atom stereocenters. The van der Waals surface area contributed by atoms with Crippen LogP contribution in [0.15, 0.2) is 36.5 Å².